The van der Waals surface area contributed by atoms with Crippen molar-refractivity contribution in [2.75, 3.05) is 0 Å². The molecule has 0 N–H and O–H groups in total. The molecule has 0 amide bonds. The highest BCUT2D eigenvalue weighted by atomic mass is 14.9. The predicted molar refractivity (Wildman–Crippen MR) is 88.2 cm³/mol. The Balaban J connectivity index is 1.80. The SMILES string of the molecule is c1ccc(-c2ccc(-c3ncnc4ncccc34)cc2)cc1. The number of benzene rings is 2. The van der Waals surface area contributed by atoms with Crippen molar-refractivity contribution in [3.05, 3.63) is 79.3 Å². The zero-order valence-electron chi connectivity index (χ0n) is 11.8. The van der Waals surface area contributed by atoms with Crippen LogP contribution in [0, 0.1) is 0 Å². The Morgan fingerprint density at radius 2 is 1.27 bits per heavy atom. The maximum Gasteiger partial charge on any atom is 0.163 e. The van der Waals surface area contributed by atoms with Crippen LogP contribution in [0.5, 0.6) is 0 Å². The lowest BCUT2D eigenvalue weighted by Crippen LogP contribution is -1.90. The van der Waals surface area contributed by atoms with Crippen LogP contribution in [0.25, 0.3) is 33.4 Å². The van der Waals surface area contributed by atoms with Gasteiger partial charge in [-0.2, -0.15) is 0 Å². The molecule has 104 valence electrons. The number of hydrogen-bond donors (Lipinski definition) is 0. The Labute approximate surface area is 128 Å². The van der Waals surface area contributed by atoms with E-state index in [2.05, 4.69) is 51.4 Å². The standard InChI is InChI=1S/C19H13N3/c1-2-5-14(6-3-1)15-8-10-16(11-9-15)18-17-7-4-12-20-19(17)22-13-21-18/h1-13H. The van der Waals surface area contributed by atoms with Gasteiger partial charge in [-0.1, -0.05) is 54.6 Å². The van der Waals surface area contributed by atoms with Crippen LogP contribution in [0.15, 0.2) is 79.3 Å². The van der Waals surface area contributed by atoms with Gasteiger partial charge in [0, 0.05) is 17.1 Å². The molecule has 3 heteroatoms. The van der Waals surface area contributed by atoms with Crippen molar-refractivity contribution in [1.82, 2.24) is 15.0 Å². The van der Waals surface area contributed by atoms with Gasteiger partial charge in [-0.05, 0) is 23.3 Å². The predicted octanol–water partition coefficient (Wildman–Crippen LogP) is 4.36. The first-order valence-corrected chi connectivity index (χ1v) is 7.13. The molecule has 0 aliphatic heterocycles. The van der Waals surface area contributed by atoms with Crippen LogP contribution in [0.4, 0.5) is 0 Å². The first-order valence-electron chi connectivity index (χ1n) is 7.13. The molecule has 0 bridgehead atoms. The van der Waals surface area contributed by atoms with E-state index in [1.807, 2.05) is 30.3 Å². The van der Waals surface area contributed by atoms with Gasteiger partial charge in [0.1, 0.15) is 6.33 Å². The summed E-state index contributed by atoms with van der Waals surface area (Å²) in [5.41, 5.74) is 5.11. The molecule has 2 heterocycles. The Morgan fingerprint density at radius 1 is 0.545 bits per heavy atom. The van der Waals surface area contributed by atoms with Crippen molar-refractivity contribution in [1.29, 1.82) is 0 Å². The van der Waals surface area contributed by atoms with Crippen molar-refractivity contribution in [2.45, 2.75) is 0 Å². The van der Waals surface area contributed by atoms with E-state index in [0.29, 0.717) is 0 Å². The van der Waals surface area contributed by atoms with E-state index in [1.165, 1.54) is 11.1 Å². The summed E-state index contributed by atoms with van der Waals surface area (Å²) in [6, 6.07) is 22.7. The smallest absolute Gasteiger partial charge is 0.163 e. The number of rotatable bonds is 2. The molecule has 0 aliphatic carbocycles. The van der Waals surface area contributed by atoms with Crippen LogP contribution in [0.1, 0.15) is 0 Å². The number of aromatic nitrogens is 3. The third-order valence-corrected chi connectivity index (χ3v) is 3.67. The zero-order valence-corrected chi connectivity index (χ0v) is 11.8. The minimum atomic E-state index is 0.722. The summed E-state index contributed by atoms with van der Waals surface area (Å²) >= 11 is 0. The van der Waals surface area contributed by atoms with Gasteiger partial charge >= 0.3 is 0 Å². The van der Waals surface area contributed by atoms with Crippen molar-refractivity contribution in [3.8, 4) is 22.4 Å². The van der Waals surface area contributed by atoms with Gasteiger partial charge in [-0.3, -0.25) is 0 Å². The van der Waals surface area contributed by atoms with E-state index in [9.17, 15) is 0 Å². The average molecular weight is 283 g/mol. The van der Waals surface area contributed by atoms with Crippen molar-refractivity contribution < 1.29 is 0 Å². The molecular weight excluding hydrogens is 270 g/mol. The van der Waals surface area contributed by atoms with Gasteiger partial charge in [0.05, 0.1) is 5.69 Å². The summed E-state index contributed by atoms with van der Waals surface area (Å²) in [6.45, 7) is 0. The first-order chi connectivity index (χ1) is 10.9. The maximum atomic E-state index is 4.43. The number of nitrogens with zero attached hydrogens (tertiary/aromatic N) is 3. The molecule has 0 saturated carbocycles. The molecule has 0 unspecified atom stereocenters. The van der Waals surface area contributed by atoms with E-state index in [4.69, 9.17) is 0 Å². The normalized spacial score (nSPS) is 10.7. The van der Waals surface area contributed by atoms with E-state index >= 15 is 0 Å². The van der Waals surface area contributed by atoms with Gasteiger partial charge in [0.2, 0.25) is 0 Å². The summed E-state index contributed by atoms with van der Waals surface area (Å²) < 4.78 is 0. The van der Waals surface area contributed by atoms with Crippen LogP contribution < -0.4 is 0 Å². The van der Waals surface area contributed by atoms with Crippen molar-refractivity contribution in [2.24, 2.45) is 0 Å². The third kappa shape index (κ3) is 2.23. The minimum absolute atomic E-state index is 0.722. The third-order valence-electron chi connectivity index (χ3n) is 3.67. The summed E-state index contributed by atoms with van der Waals surface area (Å²) in [5.74, 6) is 0. The van der Waals surface area contributed by atoms with Gasteiger partial charge < -0.3 is 0 Å². The van der Waals surface area contributed by atoms with Crippen LogP contribution >= 0.6 is 0 Å². The molecule has 4 aromatic rings. The average Bonchev–Trinajstić information content (AvgIpc) is 2.62. The lowest BCUT2D eigenvalue weighted by atomic mass is 10.0. The summed E-state index contributed by atoms with van der Waals surface area (Å²) in [6.07, 6.45) is 3.31. The fourth-order valence-corrected chi connectivity index (χ4v) is 2.58. The van der Waals surface area contributed by atoms with E-state index in [-0.39, 0.29) is 0 Å². The molecule has 0 atom stereocenters. The highest BCUT2D eigenvalue weighted by Gasteiger charge is 2.06. The Bertz CT molecular complexity index is 911. The van der Waals surface area contributed by atoms with Crippen molar-refractivity contribution >= 4 is 11.0 Å². The quantitative estimate of drug-likeness (QED) is 0.548. The number of hydrogen-bond acceptors (Lipinski definition) is 3. The highest BCUT2D eigenvalue weighted by molar-refractivity contribution is 5.90. The molecule has 2 aromatic heterocycles. The van der Waals surface area contributed by atoms with Gasteiger partial charge in [-0.25, -0.2) is 15.0 Å². The Hall–Kier alpha value is -3.07. The van der Waals surface area contributed by atoms with Crippen LogP contribution in [0.2, 0.25) is 0 Å². The first kappa shape index (κ1) is 12.7. The lowest BCUT2D eigenvalue weighted by molar-refractivity contribution is 1.18. The molecule has 22 heavy (non-hydrogen) atoms. The molecular formula is C19H13N3. The molecule has 2 aromatic carbocycles. The lowest BCUT2D eigenvalue weighted by Gasteiger charge is -2.06. The van der Waals surface area contributed by atoms with E-state index in [0.717, 1.165) is 22.3 Å². The topological polar surface area (TPSA) is 38.7 Å². The summed E-state index contributed by atoms with van der Waals surface area (Å²) in [5, 5.41) is 0.970. The van der Waals surface area contributed by atoms with Gasteiger partial charge in [-0.15, -0.1) is 0 Å². The Morgan fingerprint density at radius 3 is 2.09 bits per heavy atom. The maximum absolute atomic E-state index is 4.43. The molecule has 0 radical (unpaired) electrons. The van der Waals surface area contributed by atoms with E-state index in [1.54, 1.807) is 12.5 Å². The largest absolute Gasteiger partial charge is 0.237 e. The van der Waals surface area contributed by atoms with Gasteiger partial charge in [0.25, 0.3) is 0 Å². The zero-order chi connectivity index (χ0) is 14.8. The number of fused-ring (bicyclic) bond motifs is 1. The number of pyridine rings is 1. The molecule has 4 rings (SSSR count). The van der Waals surface area contributed by atoms with Crippen LogP contribution in [-0.2, 0) is 0 Å². The van der Waals surface area contributed by atoms with E-state index < -0.39 is 0 Å². The van der Waals surface area contributed by atoms with Gasteiger partial charge in [0.15, 0.2) is 5.65 Å². The van der Waals surface area contributed by atoms with Crippen LogP contribution in [0.3, 0.4) is 0 Å². The fraction of sp³-hybridized carbons (Fsp3) is 0. The molecule has 0 spiro atoms. The fourth-order valence-electron chi connectivity index (χ4n) is 2.58. The monoisotopic (exact) mass is 283 g/mol. The second kappa shape index (κ2) is 5.37. The molecule has 3 nitrogen and oxygen atoms in total. The van der Waals surface area contributed by atoms with Crippen LogP contribution in [-0.4, -0.2) is 15.0 Å². The highest BCUT2D eigenvalue weighted by Crippen LogP contribution is 2.27. The second-order valence-electron chi connectivity index (χ2n) is 5.04. The molecule has 0 aliphatic rings. The molecule has 0 fully saturated rings. The molecule has 0 saturated heterocycles. The second-order valence-corrected chi connectivity index (χ2v) is 5.04. The Kier molecular flexibility index (Phi) is 3.09. The minimum Gasteiger partial charge on any atom is -0.237 e. The summed E-state index contributed by atoms with van der Waals surface area (Å²) in [7, 11) is 0. The summed E-state index contributed by atoms with van der Waals surface area (Å²) in [4.78, 5) is 12.9. The van der Waals surface area contributed by atoms with Crippen molar-refractivity contribution in [3.63, 3.8) is 0 Å².